The van der Waals surface area contributed by atoms with Crippen molar-refractivity contribution in [2.24, 2.45) is 0 Å². The fraction of sp³-hybridized carbons (Fsp3) is 0.208. The van der Waals surface area contributed by atoms with E-state index in [1.54, 1.807) is 18.2 Å². The lowest BCUT2D eigenvalue weighted by Gasteiger charge is -2.21. The number of nitriles is 1. The molecule has 2 aromatic carbocycles. The standard InChI is InChI=1S/C24H21Cl2N3OS/c1-24(2,3)21-12-19(15-7-5-4-6-8-15)20(13-27)23(29-21)31-14-22(30)28-18-10-16(25)9-17(26)11-18/h4-12H,14H2,1-3H3,(H,28,30). The Labute approximate surface area is 196 Å². The molecule has 0 bridgehead atoms. The SMILES string of the molecule is CC(C)(C)c1cc(-c2ccccc2)c(C#N)c(SCC(=O)Nc2cc(Cl)cc(Cl)c2)n1. The Morgan fingerprint density at radius 1 is 1.10 bits per heavy atom. The number of hydrogen-bond donors (Lipinski definition) is 1. The Morgan fingerprint density at radius 3 is 2.32 bits per heavy atom. The molecule has 158 valence electrons. The van der Waals surface area contributed by atoms with Crippen molar-refractivity contribution < 1.29 is 4.79 Å². The molecule has 0 atom stereocenters. The number of hydrogen-bond acceptors (Lipinski definition) is 4. The van der Waals surface area contributed by atoms with Crippen LogP contribution in [0.4, 0.5) is 5.69 Å². The van der Waals surface area contributed by atoms with Crippen LogP contribution in [0.2, 0.25) is 10.0 Å². The number of pyridine rings is 1. The van der Waals surface area contributed by atoms with Gasteiger partial charge in [-0.1, -0.05) is 86.1 Å². The third-order valence-corrected chi connectivity index (χ3v) is 5.85. The van der Waals surface area contributed by atoms with Crippen molar-refractivity contribution in [2.45, 2.75) is 31.2 Å². The van der Waals surface area contributed by atoms with Gasteiger partial charge in [0, 0.05) is 32.4 Å². The molecule has 0 aliphatic rings. The van der Waals surface area contributed by atoms with Gasteiger partial charge in [0.05, 0.1) is 11.3 Å². The Hall–Kier alpha value is -2.52. The fourth-order valence-electron chi connectivity index (χ4n) is 2.92. The first-order chi connectivity index (χ1) is 14.7. The van der Waals surface area contributed by atoms with Crippen LogP contribution in [0.5, 0.6) is 0 Å². The Morgan fingerprint density at radius 2 is 1.74 bits per heavy atom. The maximum Gasteiger partial charge on any atom is 0.234 e. The van der Waals surface area contributed by atoms with Gasteiger partial charge in [-0.15, -0.1) is 0 Å². The topological polar surface area (TPSA) is 65.8 Å². The third-order valence-electron chi connectivity index (χ3n) is 4.44. The van der Waals surface area contributed by atoms with Crippen LogP contribution in [0.3, 0.4) is 0 Å². The van der Waals surface area contributed by atoms with E-state index in [1.807, 2.05) is 36.4 Å². The maximum atomic E-state index is 12.5. The minimum absolute atomic E-state index is 0.0909. The highest BCUT2D eigenvalue weighted by atomic mass is 35.5. The third kappa shape index (κ3) is 6.01. The summed E-state index contributed by atoms with van der Waals surface area (Å²) < 4.78 is 0. The predicted molar refractivity (Wildman–Crippen MR) is 129 cm³/mol. The van der Waals surface area contributed by atoms with Crippen LogP contribution in [-0.2, 0) is 10.2 Å². The maximum absolute atomic E-state index is 12.5. The van der Waals surface area contributed by atoms with Gasteiger partial charge in [-0.3, -0.25) is 4.79 Å². The zero-order chi connectivity index (χ0) is 22.6. The van der Waals surface area contributed by atoms with E-state index >= 15 is 0 Å². The Kier molecular flexibility index (Phi) is 7.27. The summed E-state index contributed by atoms with van der Waals surface area (Å²) in [5.41, 5.74) is 3.37. The van der Waals surface area contributed by atoms with E-state index in [4.69, 9.17) is 28.2 Å². The number of thioether (sulfide) groups is 1. The lowest BCUT2D eigenvalue weighted by Crippen LogP contribution is -2.16. The van der Waals surface area contributed by atoms with Crippen LogP contribution in [0, 0.1) is 11.3 Å². The minimum atomic E-state index is -0.239. The zero-order valence-corrected chi connectivity index (χ0v) is 19.7. The molecule has 0 unspecified atom stereocenters. The second-order valence-electron chi connectivity index (χ2n) is 7.96. The molecular weight excluding hydrogens is 449 g/mol. The van der Waals surface area contributed by atoms with Crippen molar-refractivity contribution in [1.29, 1.82) is 5.26 Å². The molecule has 0 radical (unpaired) electrons. The van der Waals surface area contributed by atoms with Gasteiger partial charge < -0.3 is 5.32 Å². The summed E-state index contributed by atoms with van der Waals surface area (Å²) in [5, 5.41) is 14.1. The molecule has 0 fully saturated rings. The molecule has 0 spiro atoms. The van der Waals surface area contributed by atoms with Crippen molar-refractivity contribution in [2.75, 3.05) is 11.1 Å². The number of aromatic nitrogens is 1. The van der Waals surface area contributed by atoms with E-state index in [0.717, 1.165) is 16.8 Å². The van der Waals surface area contributed by atoms with Gasteiger partial charge in [0.1, 0.15) is 11.1 Å². The number of halogens is 2. The average molecular weight is 470 g/mol. The first-order valence-corrected chi connectivity index (χ1v) is 11.3. The lowest BCUT2D eigenvalue weighted by atomic mass is 9.89. The van der Waals surface area contributed by atoms with Gasteiger partial charge in [-0.25, -0.2) is 4.98 Å². The Bertz CT molecular complexity index is 1130. The van der Waals surface area contributed by atoms with Gasteiger partial charge >= 0.3 is 0 Å². The normalized spacial score (nSPS) is 11.1. The number of nitrogens with zero attached hydrogens (tertiary/aromatic N) is 2. The number of benzene rings is 2. The van der Waals surface area contributed by atoms with Gasteiger partial charge in [-0.2, -0.15) is 5.26 Å². The summed E-state index contributed by atoms with van der Waals surface area (Å²) in [6.45, 7) is 6.21. The highest BCUT2D eigenvalue weighted by Crippen LogP contribution is 2.34. The van der Waals surface area contributed by atoms with Crippen molar-refractivity contribution in [3.63, 3.8) is 0 Å². The smallest absolute Gasteiger partial charge is 0.234 e. The molecule has 1 amide bonds. The number of rotatable bonds is 5. The van der Waals surface area contributed by atoms with E-state index in [0.29, 0.717) is 26.3 Å². The molecule has 0 aliphatic carbocycles. The second kappa shape index (κ2) is 9.74. The number of carbonyl (C=O) groups excluding carboxylic acids is 1. The highest BCUT2D eigenvalue weighted by molar-refractivity contribution is 8.00. The van der Waals surface area contributed by atoms with Gasteiger partial charge in [0.2, 0.25) is 5.91 Å². The summed E-state index contributed by atoms with van der Waals surface area (Å²) in [6, 6.07) is 18.8. The number of amides is 1. The van der Waals surface area contributed by atoms with Crippen LogP contribution in [0.1, 0.15) is 32.0 Å². The number of anilines is 1. The highest BCUT2D eigenvalue weighted by Gasteiger charge is 2.22. The van der Waals surface area contributed by atoms with Crippen LogP contribution in [0.25, 0.3) is 11.1 Å². The van der Waals surface area contributed by atoms with E-state index < -0.39 is 0 Å². The molecule has 1 heterocycles. The van der Waals surface area contributed by atoms with E-state index in [1.165, 1.54) is 11.8 Å². The molecule has 3 rings (SSSR count). The molecule has 7 heteroatoms. The van der Waals surface area contributed by atoms with E-state index in [2.05, 4.69) is 32.2 Å². The van der Waals surface area contributed by atoms with E-state index in [-0.39, 0.29) is 17.1 Å². The molecule has 3 aromatic rings. The first kappa shape index (κ1) is 23.1. The summed E-state index contributed by atoms with van der Waals surface area (Å²) in [6.07, 6.45) is 0. The van der Waals surface area contributed by atoms with Gasteiger partial charge in [0.15, 0.2) is 0 Å². The fourth-order valence-corrected chi connectivity index (χ4v) is 4.25. The van der Waals surface area contributed by atoms with Crippen molar-refractivity contribution in [1.82, 2.24) is 4.98 Å². The molecule has 0 aliphatic heterocycles. The van der Waals surface area contributed by atoms with Gasteiger partial charge in [-0.05, 0) is 29.8 Å². The molecule has 1 N–H and O–H groups in total. The molecule has 0 saturated carbocycles. The summed E-state index contributed by atoms with van der Waals surface area (Å²) in [7, 11) is 0. The second-order valence-corrected chi connectivity index (χ2v) is 9.79. The molecular formula is C24H21Cl2N3OS. The predicted octanol–water partition coefficient (Wildman–Crippen LogP) is 6.96. The molecule has 1 aromatic heterocycles. The van der Waals surface area contributed by atoms with Crippen LogP contribution >= 0.6 is 35.0 Å². The summed E-state index contributed by atoms with van der Waals surface area (Å²) in [5.74, 6) is -0.148. The zero-order valence-electron chi connectivity index (χ0n) is 17.4. The monoisotopic (exact) mass is 469 g/mol. The van der Waals surface area contributed by atoms with Crippen molar-refractivity contribution in [3.05, 3.63) is 75.9 Å². The van der Waals surface area contributed by atoms with Crippen LogP contribution in [0.15, 0.2) is 59.6 Å². The van der Waals surface area contributed by atoms with Crippen molar-refractivity contribution in [3.8, 4) is 17.2 Å². The summed E-state index contributed by atoms with van der Waals surface area (Å²) in [4.78, 5) is 17.2. The van der Waals surface area contributed by atoms with Gasteiger partial charge in [0.25, 0.3) is 0 Å². The quantitative estimate of drug-likeness (QED) is 0.410. The molecule has 4 nitrogen and oxygen atoms in total. The minimum Gasteiger partial charge on any atom is -0.325 e. The summed E-state index contributed by atoms with van der Waals surface area (Å²) >= 11 is 13.2. The largest absolute Gasteiger partial charge is 0.325 e. The lowest BCUT2D eigenvalue weighted by molar-refractivity contribution is -0.113. The van der Waals surface area contributed by atoms with Crippen molar-refractivity contribution >= 4 is 46.6 Å². The molecule has 0 saturated heterocycles. The van der Waals surface area contributed by atoms with Crippen LogP contribution < -0.4 is 5.32 Å². The van der Waals surface area contributed by atoms with Crippen LogP contribution in [-0.4, -0.2) is 16.6 Å². The van der Waals surface area contributed by atoms with E-state index in [9.17, 15) is 10.1 Å². The number of carbonyl (C=O) groups is 1. The molecule has 31 heavy (non-hydrogen) atoms. The number of nitrogens with one attached hydrogen (secondary N) is 1. The first-order valence-electron chi connectivity index (χ1n) is 9.57. The average Bonchev–Trinajstić information content (AvgIpc) is 2.70. The Balaban J connectivity index is 1.91.